The van der Waals surface area contributed by atoms with Crippen LogP contribution in [0.1, 0.15) is 30.7 Å². The molecule has 1 aromatic carbocycles. The fourth-order valence-electron chi connectivity index (χ4n) is 2.04. The molecular formula is C16H16FN3O. The summed E-state index contributed by atoms with van der Waals surface area (Å²) in [6.07, 6.45) is 1.39. The van der Waals surface area contributed by atoms with Crippen molar-refractivity contribution >= 4 is 5.69 Å². The zero-order valence-electron chi connectivity index (χ0n) is 11.6. The zero-order chi connectivity index (χ0) is 15.2. The van der Waals surface area contributed by atoms with E-state index in [0.29, 0.717) is 17.7 Å². The van der Waals surface area contributed by atoms with Gasteiger partial charge in [0.2, 0.25) is 0 Å². The van der Waals surface area contributed by atoms with Gasteiger partial charge in [-0.25, -0.2) is 9.37 Å². The number of hydrogen-bond donors (Lipinski definition) is 2. The number of aliphatic hydroxyl groups excluding tert-OH is 1. The van der Waals surface area contributed by atoms with Crippen molar-refractivity contribution in [3.8, 4) is 6.07 Å². The molecule has 2 aromatic rings. The number of pyridine rings is 1. The number of aromatic nitrogens is 1. The van der Waals surface area contributed by atoms with Crippen molar-refractivity contribution in [2.24, 2.45) is 0 Å². The number of hydrogen-bond acceptors (Lipinski definition) is 4. The van der Waals surface area contributed by atoms with Crippen molar-refractivity contribution in [3.63, 3.8) is 0 Å². The lowest BCUT2D eigenvalue weighted by atomic mass is 10.0. The molecule has 0 saturated heterocycles. The third-order valence-electron chi connectivity index (χ3n) is 3.12. The SMILES string of the molecule is C[C@H](C[C@H](O)c1ccc(F)cc1)Nc1ccc(C#N)nc1. The monoisotopic (exact) mass is 285 g/mol. The van der Waals surface area contributed by atoms with Crippen LogP contribution < -0.4 is 5.32 Å². The molecule has 5 heteroatoms. The highest BCUT2D eigenvalue weighted by Crippen LogP contribution is 2.20. The lowest BCUT2D eigenvalue weighted by molar-refractivity contribution is 0.162. The fraction of sp³-hybridized carbons (Fsp3) is 0.250. The Labute approximate surface area is 122 Å². The minimum Gasteiger partial charge on any atom is -0.388 e. The van der Waals surface area contributed by atoms with Crippen molar-refractivity contribution in [1.82, 2.24) is 4.98 Å². The van der Waals surface area contributed by atoms with Gasteiger partial charge in [0.15, 0.2) is 0 Å². The molecule has 0 aliphatic carbocycles. The molecule has 21 heavy (non-hydrogen) atoms. The van der Waals surface area contributed by atoms with E-state index < -0.39 is 6.10 Å². The smallest absolute Gasteiger partial charge is 0.140 e. The summed E-state index contributed by atoms with van der Waals surface area (Å²) in [5.74, 6) is -0.319. The minimum absolute atomic E-state index is 0.000196. The van der Waals surface area contributed by atoms with Crippen LogP contribution in [-0.4, -0.2) is 16.1 Å². The molecule has 0 saturated carbocycles. The summed E-state index contributed by atoms with van der Waals surface area (Å²) < 4.78 is 12.8. The molecule has 0 unspecified atom stereocenters. The molecule has 2 N–H and O–H groups in total. The predicted octanol–water partition coefficient (Wildman–Crippen LogP) is 3.02. The summed E-state index contributed by atoms with van der Waals surface area (Å²) in [5, 5.41) is 22.0. The van der Waals surface area contributed by atoms with Crippen LogP contribution in [0.5, 0.6) is 0 Å². The summed E-state index contributed by atoms with van der Waals surface area (Å²) in [7, 11) is 0. The normalized spacial score (nSPS) is 13.2. The molecule has 0 aliphatic rings. The van der Waals surface area contributed by atoms with Gasteiger partial charge in [0.1, 0.15) is 17.6 Å². The van der Waals surface area contributed by atoms with Gasteiger partial charge in [-0.1, -0.05) is 12.1 Å². The Balaban J connectivity index is 1.92. The van der Waals surface area contributed by atoms with Crippen LogP contribution in [0.2, 0.25) is 0 Å². The first-order valence-corrected chi connectivity index (χ1v) is 6.64. The summed E-state index contributed by atoms with van der Waals surface area (Å²) in [6.45, 7) is 1.94. The van der Waals surface area contributed by atoms with Crippen LogP contribution in [0.4, 0.5) is 10.1 Å². The average Bonchev–Trinajstić information content (AvgIpc) is 2.48. The topological polar surface area (TPSA) is 68.9 Å². The summed E-state index contributed by atoms with van der Waals surface area (Å²) in [6, 6.07) is 11.2. The Morgan fingerprint density at radius 1 is 1.29 bits per heavy atom. The van der Waals surface area contributed by atoms with Crippen molar-refractivity contribution in [3.05, 3.63) is 59.7 Å². The molecule has 0 spiro atoms. The third-order valence-corrected chi connectivity index (χ3v) is 3.12. The zero-order valence-corrected chi connectivity index (χ0v) is 11.6. The van der Waals surface area contributed by atoms with Gasteiger partial charge in [0.05, 0.1) is 18.0 Å². The predicted molar refractivity (Wildman–Crippen MR) is 78.0 cm³/mol. The number of anilines is 1. The van der Waals surface area contributed by atoms with Gasteiger partial charge in [-0.15, -0.1) is 0 Å². The first kappa shape index (κ1) is 14.9. The second kappa shape index (κ2) is 6.82. The first-order valence-electron chi connectivity index (χ1n) is 6.64. The van der Waals surface area contributed by atoms with Crippen molar-refractivity contribution in [1.29, 1.82) is 5.26 Å². The number of rotatable bonds is 5. The van der Waals surface area contributed by atoms with Crippen LogP contribution in [0.25, 0.3) is 0 Å². The molecular weight excluding hydrogens is 269 g/mol. The highest BCUT2D eigenvalue weighted by Gasteiger charge is 2.12. The third kappa shape index (κ3) is 4.26. The summed E-state index contributed by atoms with van der Waals surface area (Å²) in [5.41, 5.74) is 1.83. The fourth-order valence-corrected chi connectivity index (χ4v) is 2.04. The van der Waals surface area contributed by atoms with Gasteiger partial charge >= 0.3 is 0 Å². The number of nitrogens with zero attached hydrogens (tertiary/aromatic N) is 2. The van der Waals surface area contributed by atoms with Crippen LogP contribution in [0.3, 0.4) is 0 Å². The molecule has 1 heterocycles. The van der Waals surface area contributed by atoms with Gasteiger partial charge in [0, 0.05) is 6.04 Å². The van der Waals surface area contributed by atoms with Crippen LogP contribution >= 0.6 is 0 Å². The molecule has 2 atom stereocenters. The molecule has 4 nitrogen and oxygen atoms in total. The van der Waals surface area contributed by atoms with Crippen molar-refractivity contribution < 1.29 is 9.50 Å². The Kier molecular flexibility index (Phi) is 4.85. The van der Waals surface area contributed by atoms with E-state index in [1.54, 1.807) is 30.5 Å². The van der Waals surface area contributed by atoms with Crippen LogP contribution in [0, 0.1) is 17.1 Å². The van der Waals surface area contributed by atoms with E-state index in [2.05, 4.69) is 10.3 Å². The number of nitriles is 1. The van der Waals surface area contributed by atoms with E-state index in [1.165, 1.54) is 12.1 Å². The molecule has 0 aliphatic heterocycles. The second-order valence-electron chi connectivity index (χ2n) is 4.89. The molecule has 0 bridgehead atoms. The van der Waals surface area contributed by atoms with Crippen molar-refractivity contribution in [2.45, 2.75) is 25.5 Å². The van der Waals surface area contributed by atoms with Gasteiger partial charge in [-0.3, -0.25) is 0 Å². The van der Waals surface area contributed by atoms with E-state index in [4.69, 9.17) is 5.26 Å². The van der Waals surface area contributed by atoms with E-state index in [1.807, 2.05) is 13.0 Å². The van der Waals surface area contributed by atoms with E-state index >= 15 is 0 Å². The van der Waals surface area contributed by atoms with Gasteiger partial charge in [-0.2, -0.15) is 5.26 Å². The molecule has 2 rings (SSSR count). The number of nitrogens with one attached hydrogen (secondary N) is 1. The van der Waals surface area contributed by atoms with E-state index in [9.17, 15) is 9.50 Å². The van der Waals surface area contributed by atoms with Crippen molar-refractivity contribution in [2.75, 3.05) is 5.32 Å². The maximum absolute atomic E-state index is 12.8. The molecule has 108 valence electrons. The van der Waals surface area contributed by atoms with Gasteiger partial charge in [0.25, 0.3) is 0 Å². The average molecular weight is 285 g/mol. The van der Waals surface area contributed by atoms with Gasteiger partial charge in [-0.05, 0) is 43.2 Å². The maximum Gasteiger partial charge on any atom is 0.140 e. The van der Waals surface area contributed by atoms with E-state index in [-0.39, 0.29) is 11.9 Å². The number of benzene rings is 1. The first-order chi connectivity index (χ1) is 10.1. The Morgan fingerprint density at radius 2 is 2.00 bits per heavy atom. The van der Waals surface area contributed by atoms with Gasteiger partial charge < -0.3 is 10.4 Å². The quantitative estimate of drug-likeness (QED) is 0.886. The highest BCUT2D eigenvalue weighted by molar-refractivity contribution is 5.43. The maximum atomic E-state index is 12.8. The van der Waals surface area contributed by atoms with Crippen LogP contribution in [-0.2, 0) is 0 Å². The largest absolute Gasteiger partial charge is 0.388 e. The standard InChI is InChI=1S/C16H16FN3O/c1-11(20-15-7-6-14(9-18)19-10-15)8-16(21)12-2-4-13(17)5-3-12/h2-7,10-11,16,20-21H,8H2,1H3/t11-,16+/m1/s1. The molecule has 0 radical (unpaired) electrons. The number of halogens is 1. The number of aliphatic hydroxyl groups is 1. The second-order valence-corrected chi connectivity index (χ2v) is 4.89. The molecule has 0 fully saturated rings. The Hall–Kier alpha value is -2.45. The lowest BCUT2D eigenvalue weighted by Gasteiger charge is -2.19. The Bertz CT molecular complexity index is 619. The highest BCUT2D eigenvalue weighted by atomic mass is 19.1. The Morgan fingerprint density at radius 3 is 2.57 bits per heavy atom. The van der Waals surface area contributed by atoms with E-state index in [0.717, 1.165) is 5.69 Å². The van der Waals surface area contributed by atoms with Crippen LogP contribution in [0.15, 0.2) is 42.6 Å². The summed E-state index contributed by atoms with van der Waals surface area (Å²) in [4.78, 5) is 3.97. The summed E-state index contributed by atoms with van der Waals surface area (Å²) >= 11 is 0. The molecule has 1 aromatic heterocycles. The molecule has 0 amide bonds. The lowest BCUT2D eigenvalue weighted by Crippen LogP contribution is -2.18. The minimum atomic E-state index is -0.667.